The Labute approximate surface area is 198 Å². The summed E-state index contributed by atoms with van der Waals surface area (Å²) in [5.74, 6) is -0.144. The van der Waals surface area contributed by atoms with Crippen LogP contribution in [0.1, 0.15) is 62.8 Å². The Morgan fingerprint density at radius 1 is 1.30 bits per heavy atom. The average molecular weight is 451 g/mol. The third-order valence-corrected chi connectivity index (χ3v) is 6.63. The summed E-state index contributed by atoms with van der Waals surface area (Å²) in [4.78, 5) is 23.8. The van der Waals surface area contributed by atoms with E-state index in [1.807, 2.05) is 12.1 Å². The number of nitrogens with one attached hydrogen (secondary N) is 2. The number of piperazine rings is 1. The molecular weight excluding hydrogens is 412 g/mol. The molecule has 1 amide bonds. The molecule has 1 aromatic rings. The van der Waals surface area contributed by atoms with Gasteiger partial charge in [-0.1, -0.05) is 50.6 Å². The standard InChI is InChI=1S/C26H38N6O/c1-4-31-14-16-32(17-15-31)20-22(8-7-21-9-11-26(2,3)12-10-21)6-5-13-28-25(33)24-29-19-23(18-27)30-24/h5-6,8-9,19H,4,7,10-17,20H2,1-3H3,(H,28,33)(H,29,30)/b6-5-,22-8+. The van der Waals surface area contributed by atoms with Crippen LogP contribution >= 0.6 is 0 Å². The molecule has 1 aromatic heterocycles. The number of likely N-dealkylation sites (N-methyl/N-ethyl adjacent to an activating group) is 1. The van der Waals surface area contributed by atoms with Crippen molar-refractivity contribution in [1.29, 1.82) is 5.26 Å². The van der Waals surface area contributed by atoms with Gasteiger partial charge in [-0.05, 0) is 43.2 Å². The van der Waals surface area contributed by atoms with Gasteiger partial charge in [-0.25, -0.2) is 4.98 Å². The summed E-state index contributed by atoms with van der Waals surface area (Å²) in [7, 11) is 0. The van der Waals surface area contributed by atoms with Crippen LogP contribution in [-0.4, -0.2) is 71.5 Å². The molecule has 1 saturated heterocycles. The van der Waals surface area contributed by atoms with Gasteiger partial charge in [0.05, 0.1) is 6.20 Å². The molecule has 178 valence electrons. The third-order valence-electron chi connectivity index (χ3n) is 6.63. The molecule has 0 aromatic carbocycles. The highest BCUT2D eigenvalue weighted by Crippen LogP contribution is 2.35. The van der Waals surface area contributed by atoms with Crippen LogP contribution in [0, 0.1) is 16.7 Å². The highest BCUT2D eigenvalue weighted by molar-refractivity contribution is 5.90. The van der Waals surface area contributed by atoms with Gasteiger partial charge in [0.25, 0.3) is 5.91 Å². The first-order valence-electron chi connectivity index (χ1n) is 12.1. The van der Waals surface area contributed by atoms with Crippen LogP contribution in [0.3, 0.4) is 0 Å². The first-order chi connectivity index (χ1) is 15.9. The highest BCUT2D eigenvalue weighted by Gasteiger charge is 2.21. The number of carbonyl (C=O) groups excluding carboxylic acids is 1. The summed E-state index contributed by atoms with van der Waals surface area (Å²) < 4.78 is 0. The summed E-state index contributed by atoms with van der Waals surface area (Å²) in [5.41, 5.74) is 3.54. The van der Waals surface area contributed by atoms with Crippen molar-refractivity contribution in [2.24, 2.45) is 5.41 Å². The molecule has 7 heteroatoms. The fourth-order valence-corrected chi connectivity index (χ4v) is 4.22. The Kier molecular flexibility index (Phi) is 9.04. The van der Waals surface area contributed by atoms with E-state index in [1.165, 1.54) is 30.2 Å². The monoisotopic (exact) mass is 450 g/mol. The molecule has 0 saturated carbocycles. The normalized spacial score (nSPS) is 19.9. The molecule has 1 aliphatic carbocycles. The summed E-state index contributed by atoms with van der Waals surface area (Å²) in [6, 6.07) is 1.94. The molecule has 0 radical (unpaired) electrons. The van der Waals surface area contributed by atoms with Crippen LogP contribution in [0.15, 0.2) is 41.6 Å². The van der Waals surface area contributed by atoms with Gasteiger partial charge in [0.15, 0.2) is 5.82 Å². The maximum absolute atomic E-state index is 12.2. The molecule has 2 heterocycles. The minimum absolute atomic E-state index is 0.164. The summed E-state index contributed by atoms with van der Waals surface area (Å²) in [5, 5.41) is 11.7. The predicted octanol–water partition coefficient (Wildman–Crippen LogP) is 3.66. The van der Waals surface area contributed by atoms with Gasteiger partial charge in [0, 0.05) is 39.3 Å². The van der Waals surface area contributed by atoms with Crippen molar-refractivity contribution in [3.8, 4) is 6.07 Å². The van der Waals surface area contributed by atoms with Crippen LogP contribution in [0.2, 0.25) is 0 Å². The molecule has 7 nitrogen and oxygen atoms in total. The zero-order valence-electron chi connectivity index (χ0n) is 20.4. The zero-order valence-corrected chi connectivity index (χ0v) is 20.4. The molecule has 0 bridgehead atoms. The molecule has 0 atom stereocenters. The number of hydrogen-bond donors (Lipinski definition) is 2. The van der Waals surface area contributed by atoms with Crippen molar-refractivity contribution >= 4 is 5.91 Å². The second-order valence-electron chi connectivity index (χ2n) is 9.79. The fourth-order valence-electron chi connectivity index (χ4n) is 4.22. The number of rotatable bonds is 9. The van der Waals surface area contributed by atoms with E-state index in [9.17, 15) is 4.79 Å². The number of hydrogen-bond acceptors (Lipinski definition) is 5. The minimum atomic E-state index is -0.308. The molecule has 0 unspecified atom stereocenters. The van der Waals surface area contributed by atoms with E-state index in [1.54, 1.807) is 0 Å². The van der Waals surface area contributed by atoms with Crippen molar-refractivity contribution in [3.63, 3.8) is 0 Å². The van der Waals surface area contributed by atoms with Crippen LogP contribution in [-0.2, 0) is 0 Å². The number of H-pyrrole nitrogens is 1. The minimum Gasteiger partial charge on any atom is -0.346 e. The smallest absolute Gasteiger partial charge is 0.287 e. The Hall–Kier alpha value is -2.69. The molecule has 2 N–H and O–H groups in total. The van der Waals surface area contributed by atoms with E-state index in [-0.39, 0.29) is 17.4 Å². The first-order valence-corrected chi connectivity index (χ1v) is 12.1. The van der Waals surface area contributed by atoms with Crippen molar-refractivity contribution in [2.45, 2.75) is 46.5 Å². The van der Waals surface area contributed by atoms with Crippen molar-refractivity contribution in [1.82, 2.24) is 25.1 Å². The average Bonchev–Trinajstić information content (AvgIpc) is 3.30. The Bertz CT molecular complexity index is 925. The van der Waals surface area contributed by atoms with Crippen molar-refractivity contribution < 1.29 is 4.79 Å². The van der Waals surface area contributed by atoms with E-state index >= 15 is 0 Å². The van der Waals surface area contributed by atoms with Gasteiger partial charge >= 0.3 is 0 Å². The Morgan fingerprint density at radius 3 is 2.70 bits per heavy atom. The fraction of sp³-hybridized carbons (Fsp3) is 0.577. The third kappa shape index (κ3) is 7.99. The van der Waals surface area contributed by atoms with Crippen LogP contribution in [0.5, 0.6) is 0 Å². The molecule has 2 aliphatic rings. The molecule has 1 fully saturated rings. The van der Waals surface area contributed by atoms with Gasteiger partial charge in [-0.3, -0.25) is 9.69 Å². The molecule has 0 spiro atoms. The zero-order chi connectivity index (χ0) is 23.7. The lowest BCUT2D eigenvalue weighted by Crippen LogP contribution is -2.46. The van der Waals surface area contributed by atoms with E-state index in [4.69, 9.17) is 5.26 Å². The van der Waals surface area contributed by atoms with Crippen LogP contribution in [0.4, 0.5) is 0 Å². The largest absolute Gasteiger partial charge is 0.346 e. The summed E-state index contributed by atoms with van der Waals surface area (Å²) >= 11 is 0. The summed E-state index contributed by atoms with van der Waals surface area (Å²) in [6.45, 7) is 13.8. The Morgan fingerprint density at radius 2 is 2.06 bits per heavy atom. The maximum atomic E-state index is 12.2. The lowest BCUT2D eigenvalue weighted by atomic mass is 9.78. The van der Waals surface area contributed by atoms with Gasteiger partial charge in [-0.2, -0.15) is 5.26 Å². The van der Waals surface area contributed by atoms with E-state index < -0.39 is 0 Å². The van der Waals surface area contributed by atoms with E-state index in [0.29, 0.717) is 12.0 Å². The topological polar surface area (TPSA) is 88.0 Å². The maximum Gasteiger partial charge on any atom is 0.287 e. The van der Waals surface area contributed by atoms with E-state index in [2.05, 4.69) is 64.1 Å². The number of nitriles is 1. The number of aromatic amines is 1. The SMILES string of the molecule is CCN1CCN(CC(/C=C\CNC(=O)c2ncc(C#N)[nH]2)=C/CC2=CCC(C)(C)CC2)CC1. The lowest BCUT2D eigenvalue weighted by Gasteiger charge is -2.34. The number of allylic oxidation sites excluding steroid dienone is 3. The van der Waals surface area contributed by atoms with Gasteiger partial charge in [-0.15, -0.1) is 0 Å². The Balaban J connectivity index is 1.57. The highest BCUT2D eigenvalue weighted by atomic mass is 16.2. The molecule has 1 aliphatic heterocycles. The van der Waals surface area contributed by atoms with Crippen LogP contribution in [0.25, 0.3) is 0 Å². The number of imidazole rings is 1. The molecule has 3 rings (SSSR count). The number of aromatic nitrogens is 2. The first kappa shape index (κ1) is 24.9. The van der Waals surface area contributed by atoms with Gasteiger partial charge in [0.1, 0.15) is 11.8 Å². The number of amides is 1. The predicted molar refractivity (Wildman–Crippen MR) is 132 cm³/mol. The van der Waals surface area contributed by atoms with Gasteiger partial charge in [0.2, 0.25) is 0 Å². The van der Waals surface area contributed by atoms with Crippen molar-refractivity contribution in [2.75, 3.05) is 45.8 Å². The quantitative estimate of drug-likeness (QED) is 0.443. The molecular formula is C26H38N6O. The molecule has 33 heavy (non-hydrogen) atoms. The van der Waals surface area contributed by atoms with Crippen LogP contribution < -0.4 is 5.32 Å². The second-order valence-corrected chi connectivity index (χ2v) is 9.79. The van der Waals surface area contributed by atoms with Crippen molar-refractivity contribution in [3.05, 3.63) is 53.2 Å². The number of nitrogens with zero attached hydrogens (tertiary/aromatic N) is 4. The van der Waals surface area contributed by atoms with Gasteiger partial charge < -0.3 is 15.2 Å². The lowest BCUT2D eigenvalue weighted by molar-refractivity contribution is 0.0948. The second kappa shape index (κ2) is 12.0. The van der Waals surface area contributed by atoms with E-state index in [0.717, 1.165) is 52.1 Å². The summed E-state index contributed by atoms with van der Waals surface area (Å²) in [6.07, 6.45) is 14.9. The number of carbonyl (C=O) groups is 1.